The zero-order valence-electron chi connectivity index (χ0n) is 19.3. The highest BCUT2D eigenvalue weighted by molar-refractivity contribution is 6.01. The SMILES string of the molecule is CCOC(=O)c1c(CC)nn(C)c1NC(=O)Cc1cccc(Oc2ccc(OC(F)(F)F)cc2)c1. The first-order chi connectivity index (χ1) is 16.6. The number of ether oxygens (including phenoxy) is 3. The zero-order valence-corrected chi connectivity index (χ0v) is 19.3. The molecule has 2 aromatic carbocycles. The van der Waals surface area contributed by atoms with Crippen LogP contribution in [0.5, 0.6) is 17.2 Å². The summed E-state index contributed by atoms with van der Waals surface area (Å²) in [6, 6.07) is 11.6. The summed E-state index contributed by atoms with van der Waals surface area (Å²) in [6.45, 7) is 3.73. The topological polar surface area (TPSA) is 91.7 Å². The first-order valence-corrected chi connectivity index (χ1v) is 10.7. The molecule has 0 atom stereocenters. The second kappa shape index (κ2) is 10.9. The minimum atomic E-state index is -4.78. The van der Waals surface area contributed by atoms with Crippen LogP contribution in [0.3, 0.4) is 0 Å². The second-order valence-corrected chi connectivity index (χ2v) is 7.36. The van der Waals surface area contributed by atoms with E-state index in [4.69, 9.17) is 9.47 Å². The highest BCUT2D eigenvalue weighted by atomic mass is 19.4. The molecule has 0 aliphatic rings. The number of amides is 1. The number of alkyl halides is 3. The van der Waals surface area contributed by atoms with Crippen LogP contribution in [0.1, 0.15) is 35.5 Å². The van der Waals surface area contributed by atoms with Gasteiger partial charge in [-0.3, -0.25) is 9.48 Å². The smallest absolute Gasteiger partial charge is 0.462 e. The summed E-state index contributed by atoms with van der Waals surface area (Å²) in [5, 5.41) is 7.02. The van der Waals surface area contributed by atoms with Gasteiger partial charge < -0.3 is 19.5 Å². The van der Waals surface area contributed by atoms with Crippen LogP contribution >= 0.6 is 0 Å². The van der Waals surface area contributed by atoms with E-state index in [9.17, 15) is 22.8 Å². The van der Waals surface area contributed by atoms with E-state index in [-0.39, 0.29) is 36.1 Å². The molecule has 0 bridgehead atoms. The summed E-state index contributed by atoms with van der Waals surface area (Å²) >= 11 is 0. The molecule has 8 nitrogen and oxygen atoms in total. The number of nitrogens with zero attached hydrogens (tertiary/aromatic N) is 2. The van der Waals surface area contributed by atoms with Gasteiger partial charge in [0.25, 0.3) is 0 Å². The van der Waals surface area contributed by atoms with E-state index in [0.717, 1.165) is 12.1 Å². The standard InChI is InChI=1S/C24H24F3N3O5/c1-4-19-21(23(32)33-5-2)22(30(3)29-19)28-20(31)14-15-7-6-8-18(13-15)34-16-9-11-17(12-10-16)35-24(25,26)27/h6-13H,4-5,14H2,1-3H3,(H,28,31). The maximum absolute atomic E-state index is 12.7. The maximum Gasteiger partial charge on any atom is 0.573 e. The Hall–Kier alpha value is -4.02. The van der Waals surface area contributed by atoms with Crippen molar-refractivity contribution >= 4 is 17.7 Å². The number of aromatic nitrogens is 2. The molecule has 1 amide bonds. The molecule has 35 heavy (non-hydrogen) atoms. The van der Waals surface area contributed by atoms with Gasteiger partial charge in [0.15, 0.2) is 0 Å². The number of rotatable bonds is 9. The Morgan fingerprint density at radius 1 is 1.03 bits per heavy atom. The number of halogens is 3. The number of esters is 1. The van der Waals surface area contributed by atoms with Crippen molar-refractivity contribution in [2.24, 2.45) is 7.05 Å². The molecule has 0 aliphatic heterocycles. The molecule has 0 saturated heterocycles. The van der Waals surface area contributed by atoms with Gasteiger partial charge in [-0.05, 0) is 55.3 Å². The van der Waals surface area contributed by atoms with Gasteiger partial charge in [-0.25, -0.2) is 4.79 Å². The van der Waals surface area contributed by atoms with Gasteiger partial charge in [0.1, 0.15) is 28.6 Å². The van der Waals surface area contributed by atoms with Gasteiger partial charge in [0.2, 0.25) is 5.91 Å². The van der Waals surface area contributed by atoms with Crippen LogP contribution in [-0.2, 0) is 29.4 Å². The Labute approximate surface area is 199 Å². The normalized spacial score (nSPS) is 11.1. The van der Waals surface area contributed by atoms with Gasteiger partial charge in [-0.1, -0.05) is 19.1 Å². The Morgan fingerprint density at radius 2 is 1.71 bits per heavy atom. The highest BCUT2D eigenvalue weighted by Crippen LogP contribution is 2.28. The first-order valence-electron chi connectivity index (χ1n) is 10.7. The van der Waals surface area contributed by atoms with Crippen molar-refractivity contribution in [1.29, 1.82) is 0 Å². The van der Waals surface area contributed by atoms with Gasteiger partial charge in [0.05, 0.1) is 18.7 Å². The summed E-state index contributed by atoms with van der Waals surface area (Å²) in [6.07, 6.45) is -4.31. The Bertz CT molecular complexity index is 1190. The van der Waals surface area contributed by atoms with Crippen molar-refractivity contribution in [2.75, 3.05) is 11.9 Å². The predicted octanol–water partition coefficient (Wildman–Crippen LogP) is 5.03. The molecule has 3 rings (SSSR count). The third kappa shape index (κ3) is 6.98. The number of carbonyl (C=O) groups is 2. The molecule has 3 aromatic rings. The average molecular weight is 491 g/mol. The van der Waals surface area contributed by atoms with E-state index in [0.29, 0.717) is 29.2 Å². The number of anilines is 1. The zero-order chi connectivity index (χ0) is 25.6. The number of nitrogens with one attached hydrogen (secondary N) is 1. The summed E-state index contributed by atoms with van der Waals surface area (Å²) in [5.41, 5.74) is 1.36. The highest BCUT2D eigenvalue weighted by Gasteiger charge is 2.31. The first kappa shape index (κ1) is 25.6. The van der Waals surface area contributed by atoms with Crippen molar-refractivity contribution in [3.63, 3.8) is 0 Å². The molecule has 0 radical (unpaired) electrons. The van der Waals surface area contributed by atoms with E-state index in [1.165, 1.54) is 16.8 Å². The minimum Gasteiger partial charge on any atom is -0.462 e. The summed E-state index contributed by atoms with van der Waals surface area (Å²) in [4.78, 5) is 25.1. The molecular formula is C24H24F3N3O5. The molecule has 0 fully saturated rings. The van der Waals surface area contributed by atoms with E-state index in [1.807, 2.05) is 6.92 Å². The molecule has 0 saturated carbocycles. The monoisotopic (exact) mass is 491 g/mol. The van der Waals surface area contributed by atoms with Crippen molar-refractivity contribution in [3.05, 3.63) is 65.4 Å². The van der Waals surface area contributed by atoms with Gasteiger partial charge in [-0.15, -0.1) is 13.2 Å². The van der Waals surface area contributed by atoms with Gasteiger partial charge in [0, 0.05) is 7.05 Å². The van der Waals surface area contributed by atoms with Crippen molar-refractivity contribution in [1.82, 2.24) is 9.78 Å². The van der Waals surface area contributed by atoms with Gasteiger partial charge >= 0.3 is 12.3 Å². The lowest BCUT2D eigenvalue weighted by atomic mass is 10.1. The van der Waals surface area contributed by atoms with Crippen LogP contribution in [-0.4, -0.2) is 34.6 Å². The second-order valence-electron chi connectivity index (χ2n) is 7.36. The van der Waals surface area contributed by atoms with Crippen LogP contribution in [0.4, 0.5) is 19.0 Å². The van der Waals surface area contributed by atoms with E-state index in [2.05, 4.69) is 15.2 Å². The fourth-order valence-corrected chi connectivity index (χ4v) is 3.31. The molecule has 1 heterocycles. The van der Waals surface area contributed by atoms with Crippen LogP contribution in [0.2, 0.25) is 0 Å². The van der Waals surface area contributed by atoms with E-state index >= 15 is 0 Å². The fourth-order valence-electron chi connectivity index (χ4n) is 3.31. The van der Waals surface area contributed by atoms with Crippen LogP contribution in [0.15, 0.2) is 48.5 Å². The number of aryl methyl sites for hydroxylation is 2. The third-order valence-electron chi connectivity index (χ3n) is 4.75. The Morgan fingerprint density at radius 3 is 2.34 bits per heavy atom. The fraction of sp³-hybridized carbons (Fsp3) is 0.292. The summed E-state index contributed by atoms with van der Waals surface area (Å²) in [7, 11) is 1.62. The molecule has 1 N–H and O–H groups in total. The Kier molecular flexibility index (Phi) is 8.00. The largest absolute Gasteiger partial charge is 0.573 e. The predicted molar refractivity (Wildman–Crippen MR) is 121 cm³/mol. The van der Waals surface area contributed by atoms with E-state index < -0.39 is 12.3 Å². The van der Waals surface area contributed by atoms with Crippen LogP contribution < -0.4 is 14.8 Å². The maximum atomic E-state index is 12.7. The molecule has 0 unspecified atom stereocenters. The molecule has 0 spiro atoms. The number of hydrogen-bond acceptors (Lipinski definition) is 6. The molecular weight excluding hydrogens is 467 g/mol. The quantitative estimate of drug-likeness (QED) is 0.422. The third-order valence-corrected chi connectivity index (χ3v) is 4.75. The lowest BCUT2D eigenvalue weighted by Crippen LogP contribution is -2.19. The summed E-state index contributed by atoms with van der Waals surface area (Å²) in [5.74, 6) is -0.373. The van der Waals surface area contributed by atoms with E-state index in [1.54, 1.807) is 38.2 Å². The lowest BCUT2D eigenvalue weighted by Gasteiger charge is -2.11. The molecule has 186 valence electrons. The van der Waals surface area contributed by atoms with Crippen LogP contribution in [0.25, 0.3) is 0 Å². The minimum absolute atomic E-state index is 0.0233. The van der Waals surface area contributed by atoms with Crippen LogP contribution in [0, 0.1) is 0 Å². The van der Waals surface area contributed by atoms with Crippen molar-refractivity contribution in [3.8, 4) is 17.2 Å². The van der Waals surface area contributed by atoms with Gasteiger partial charge in [-0.2, -0.15) is 5.10 Å². The molecule has 0 aliphatic carbocycles. The number of hydrogen-bond donors (Lipinski definition) is 1. The number of carbonyl (C=O) groups excluding carboxylic acids is 2. The average Bonchev–Trinajstić information content (AvgIpc) is 3.09. The lowest BCUT2D eigenvalue weighted by molar-refractivity contribution is -0.274. The number of benzene rings is 2. The van der Waals surface area contributed by atoms with Crippen molar-refractivity contribution in [2.45, 2.75) is 33.1 Å². The Balaban J connectivity index is 1.69. The van der Waals surface area contributed by atoms with Crippen molar-refractivity contribution < 1.29 is 37.0 Å². The molecule has 1 aromatic heterocycles. The molecule has 11 heteroatoms. The summed E-state index contributed by atoms with van der Waals surface area (Å²) < 4.78 is 52.9.